The number of phenolic OH excluding ortho intramolecular Hbond substituents is 1. The van der Waals surface area contributed by atoms with Gasteiger partial charge in [-0.1, -0.05) is 18.2 Å². The number of piperazine rings is 1. The van der Waals surface area contributed by atoms with Gasteiger partial charge in [-0.05, 0) is 48.0 Å². The molecular formula is C26H31FKN5O3. The Balaban J connectivity index is 0.000000265. The van der Waals surface area contributed by atoms with Gasteiger partial charge in [0.1, 0.15) is 11.6 Å². The largest absolute Gasteiger partial charge is 1.00 e. The summed E-state index contributed by atoms with van der Waals surface area (Å²) in [5, 5.41) is 29.0. The minimum absolute atomic E-state index is 0. The van der Waals surface area contributed by atoms with Gasteiger partial charge >= 0.3 is 51.4 Å². The molecule has 186 valence electrons. The average Bonchev–Trinajstić information content (AvgIpc) is 2.89. The molecule has 1 heterocycles. The van der Waals surface area contributed by atoms with E-state index in [1.165, 1.54) is 29.6 Å². The number of anilines is 3. The Kier molecular flexibility index (Phi) is 12.6. The van der Waals surface area contributed by atoms with Crippen molar-refractivity contribution in [3.05, 3.63) is 72.0 Å². The molecule has 4 rings (SSSR count). The minimum atomic E-state index is -0.738. The molecular weight excluding hydrogens is 488 g/mol. The number of nitrogens with one attached hydrogen (secondary N) is 3. The second kappa shape index (κ2) is 15.2. The van der Waals surface area contributed by atoms with E-state index < -0.39 is 18.3 Å². The van der Waals surface area contributed by atoms with Crippen LogP contribution in [-0.2, 0) is 0 Å². The van der Waals surface area contributed by atoms with Crippen LogP contribution in [0.1, 0.15) is 10.4 Å². The summed E-state index contributed by atoms with van der Waals surface area (Å²) in [6.45, 7) is 3.87. The van der Waals surface area contributed by atoms with Crippen LogP contribution in [0.4, 0.5) is 21.5 Å². The molecule has 1 aliphatic rings. The molecule has 1 aliphatic heterocycles. The molecule has 0 bridgehead atoms. The number of hydrogen-bond donors (Lipinski definition) is 5. The molecule has 1 fully saturated rings. The third kappa shape index (κ3) is 8.17. The molecule has 0 saturated carbocycles. The van der Waals surface area contributed by atoms with E-state index in [9.17, 15) is 19.4 Å². The van der Waals surface area contributed by atoms with E-state index in [0.29, 0.717) is 11.1 Å². The third-order valence-corrected chi connectivity index (χ3v) is 5.62. The Hall–Kier alpha value is -2.18. The normalized spacial score (nSPS) is 12.6. The summed E-state index contributed by atoms with van der Waals surface area (Å²) in [6, 6.07) is 17.3. The Morgan fingerprint density at radius 1 is 1.14 bits per heavy atom. The van der Waals surface area contributed by atoms with Gasteiger partial charge in [0.15, 0.2) is 0 Å². The Morgan fingerprint density at radius 3 is 2.44 bits per heavy atom. The summed E-state index contributed by atoms with van der Waals surface area (Å²) in [5.74, 6) is -1.52. The smallest absolute Gasteiger partial charge is 0.853 e. The van der Waals surface area contributed by atoms with Crippen molar-refractivity contribution in [2.24, 2.45) is 0 Å². The molecule has 0 aromatic heterocycles. The number of nitrogens with zero attached hydrogens (tertiary/aromatic N) is 1. The van der Waals surface area contributed by atoms with Crippen LogP contribution in [0.5, 0.6) is 5.75 Å². The Morgan fingerprint density at radius 2 is 1.83 bits per heavy atom. The van der Waals surface area contributed by atoms with Crippen molar-refractivity contribution in [2.45, 2.75) is 0 Å². The van der Waals surface area contributed by atoms with Gasteiger partial charge in [-0.15, -0.1) is 6.61 Å². The van der Waals surface area contributed by atoms with Crippen molar-refractivity contribution in [1.29, 1.82) is 0 Å². The number of phenols is 1. The van der Waals surface area contributed by atoms with Crippen molar-refractivity contribution in [1.82, 2.24) is 10.6 Å². The first kappa shape index (κ1) is 30.0. The van der Waals surface area contributed by atoms with Crippen LogP contribution in [-0.4, -0.2) is 57.4 Å². The minimum Gasteiger partial charge on any atom is -0.853 e. The van der Waals surface area contributed by atoms with Crippen molar-refractivity contribution in [2.75, 3.05) is 62.3 Å². The number of carbonyl (C=O) groups excluding carboxylic acids is 1. The monoisotopic (exact) mass is 519 g/mol. The zero-order valence-electron chi connectivity index (χ0n) is 20.7. The number of carbonyl (C=O) groups is 1. The summed E-state index contributed by atoms with van der Waals surface area (Å²) < 4.78 is 14.0. The van der Waals surface area contributed by atoms with Gasteiger partial charge < -0.3 is 36.8 Å². The van der Waals surface area contributed by atoms with E-state index in [2.05, 4.69) is 45.1 Å². The number of halogens is 1. The van der Waals surface area contributed by atoms with Gasteiger partial charge in [0, 0.05) is 56.7 Å². The van der Waals surface area contributed by atoms with E-state index in [1.807, 2.05) is 7.05 Å². The topological polar surface area (TPSA) is 126 Å². The predicted molar refractivity (Wildman–Crippen MR) is 136 cm³/mol. The van der Waals surface area contributed by atoms with Crippen LogP contribution < -0.4 is 83.1 Å². The van der Waals surface area contributed by atoms with Crippen molar-refractivity contribution in [3.8, 4) is 16.9 Å². The molecule has 1 amide bonds. The molecule has 0 spiro atoms. The van der Waals surface area contributed by atoms with Crippen LogP contribution in [0.3, 0.4) is 0 Å². The van der Waals surface area contributed by atoms with E-state index in [-0.39, 0.29) is 74.9 Å². The fraction of sp³-hybridized carbons (Fsp3) is 0.269. The summed E-state index contributed by atoms with van der Waals surface area (Å²) >= 11 is 0. The number of hydrogen-bond acceptors (Lipinski definition) is 7. The van der Waals surface area contributed by atoms with Gasteiger partial charge in [0.2, 0.25) is 0 Å². The molecule has 0 unspecified atom stereocenters. The quantitative estimate of drug-likeness (QED) is 0.161. The van der Waals surface area contributed by atoms with Gasteiger partial charge in [0.25, 0.3) is 5.91 Å². The molecule has 6 N–H and O–H groups in total. The predicted octanol–water partition coefficient (Wildman–Crippen LogP) is -0.987. The van der Waals surface area contributed by atoms with Crippen LogP contribution in [0.15, 0.2) is 60.7 Å². The molecule has 0 radical (unpaired) electrons. The fourth-order valence-corrected chi connectivity index (χ4v) is 3.68. The van der Waals surface area contributed by atoms with Gasteiger partial charge in [-0.3, -0.25) is 4.79 Å². The summed E-state index contributed by atoms with van der Waals surface area (Å²) in [6.07, 6.45) is 0. The molecule has 10 heteroatoms. The molecule has 36 heavy (non-hydrogen) atoms. The van der Waals surface area contributed by atoms with E-state index in [1.54, 1.807) is 12.1 Å². The zero-order chi connectivity index (χ0) is 25.2. The van der Waals surface area contributed by atoms with Gasteiger partial charge in [-0.2, -0.15) is 0 Å². The van der Waals surface area contributed by atoms with Gasteiger partial charge in [-0.25, -0.2) is 4.39 Å². The van der Waals surface area contributed by atoms with Crippen LogP contribution in [0.25, 0.3) is 11.1 Å². The fourth-order valence-electron chi connectivity index (χ4n) is 3.68. The second-order valence-corrected chi connectivity index (χ2v) is 7.93. The molecule has 8 nitrogen and oxygen atoms in total. The van der Waals surface area contributed by atoms with Crippen LogP contribution in [0, 0.1) is 5.82 Å². The van der Waals surface area contributed by atoms with Crippen molar-refractivity contribution in [3.63, 3.8) is 0 Å². The summed E-state index contributed by atoms with van der Waals surface area (Å²) in [5.41, 5.74) is 8.89. The van der Waals surface area contributed by atoms with Crippen LogP contribution in [0.2, 0.25) is 0 Å². The van der Waals surface area contributed by atoms with Crippen LogP contribution >= 0.6 is 0 Å². The number of para-hydroxylation sites is 1. The standard InChI is InChI=1S/C15H14FN2O3.C11H17N3.K/c16-12-8-9(10-2-1-3-13(17)14(10)20)4-5-11(12)15(21)18-6-7-19;1-12-10-2-4-11(5-3-10)14-8-6-13-7-9-14;/h1-5,8,20H,6-7,17H2,(H,18,21);2-5,12-13H,6-9H2,1H3;/q-1;;+1. The SMILES string of the molecule is CNc1ccc(N2CCNCC2)cc1.Nc1cccc(-c2ccc(C(=O)NCC[O-])c(F)c2)c1O.[K+]. The average molecular weight is 520 g/mol. The molecule has 3 aromatic carbocycles. The van der Waals surface area contributed by atoms with E-state index in [4.69, 9.17) is 5.73 Å². The number of rotatable bonds is 6. The van der Waals surface area contributed by atoms with E-state index in [0.717, 1.165) is 32.2 Å². The molecule has 0 atom stereocenters. The van der Waals surface area contributed by atoms with Crippen molar-refractivity contribution < 1.29 is 70.8 Å². The molecule has 3 aromatic rings. The zero-order valence-corrected chi connectivity index (χ0v) is 23.8. The molecule has 1 saturated heterocycles. The summed E-state index contributed by atoms with van der Waals surface area (Å²) in [4.78, 5) is 14.0. The first-order chi connectivity index (χ1) is 16.9. The Bertz CT molecular complexity index is 1130. The first-order valence-corrected chi connectivity index (χ1v) is 11.4. The Labute approximate surface area is 253 Å². The maximum Gasteiger partial charge on any atom is 1.00 e. The number of amides is 1. The maximum absolute atomic E-state index is 14.0. The number of benzene rings is 3. The van der Waals surface area contributed by atoms with Crippen molar-refractivity contribution >= 4 is 23.0 Å². The number of nitrogen functional groups attached to an aromatic ring is 1. The number of nitrogens with two attached hydrogens (primary N) is 1. The second-order valence-electron chi connectivity index (χ2n) is 7.93. The summed E-state index contributed by atoms with van der Waals surface area (Å²) in [7, 11) is 1.94. The third-order valence-electron chi connectivity index (χ3n) is 5.62. The number of aromatic hydroxyl groups is 1. The first-order valence-electron chi connectivity index (χ1n) is 11.4. The molecule has 0 aliphatic carbocycles. The van der Waals surface area contributed by atoms with E-state index >= 15 is 0 Å². The van der Waals surface area contributed by atoms with Gasteiger partial charge in [0.05, 0.1) is 11.3 Å². The maximum atomic E-state index is 14.0.